The fourth-order valence-electron chi connectivity index (χ4n) is 3.28. The van der Waals surface area contributed by atoms with Gasteiger partial charge in [0.05, 0.1) is 5.92 Å². The Bertz CT molecular complexity index is 427. The molecule has 0 aromatic carbocycles. The zero-order valence-electron chi connectivity index (χ0n) is 11.0. The Morgan fingerprint density at radius 3 is 2.89 bits per heavy atom. The van der Waals surface area contributed by atoms with E-state index in [-0.39, 0.29) is 5.92 Å². The third-order valence-electron chi connectivity index (χ3n) is 4.52. The number of carboxylic acids is 1. The van der Waals surface area contributed by atoms with Crippen molar-refractivity contribution in [3.8, 4) is 0 Å². The van der Waals surface area contributed by atoms with E-state index >= 15 is 0 Å². The third-order valence-corrected chi connectivity index (χ3v) is 5.47. The van der Waals surface area contributed by atoms with Crippen molar-refractivity contribution in [3.63, 3.8) is 0 Å². The van der Waals surface area contributed by atoms with Gasteiger partial charge in [-0.1, -0.05) is 12.5 Å². The molecule has 19 heavy (non-hydrogen) atoms. The zero-order chi connectivity index (χ0) is 13.2. The van der Waals surface area contributed by atoms with E-state index in [0.717, 1.165) is 31.7 Å². The average Bonchev–Trinajstić information content (AvgIpc) is 2.92. The van der Waals surface area contributed by atoms with Gasteiger partial charge in [0.2, 0.25) is 0 Å². The zero-order valence-corrected chi connectivity index (χ0v) is 11.9. The first-order valence-corrected chi connectivity index (χ1v) is 8.13. The van der Waals surface area contributed by atoms with Crippen molar-refractivity contribution in [3.05, 3.63) is 22.4 Å². The monoisotopic (exact) mass is 279 g/mol. The van der Waals surface area contributed by atoms with Crippen LogP contribution in [0.2, 0.25) is 0 Å². The maximum Gasteiger partial charge on any atom is 0.306 e. The molecule has 2 fully saturated rings. The van der Waals surface area contributed by atoms with E-state index in [9.17, 15) is 9.90 Å². The molecule has 1 aromatic heterocycles. The summed E-state index contributed by atoms with van der Waals surface area (Å²) in [5.41, 5.74) is 0. The molecule has 3 atom stereocenters. The number of aliphatic carboxylic acids is 1. The molecule has 0 radical (unpaired) electrons. The lowest BCUT2D eigenvalue weighted by atomic mass is 9.95. The van der Waals surface area contributed by atoms with Gasteiger partial charge in [0.15, 0.2) is 0 Å². The molecular weight excluding hydrogens is 258 g/mol. The van der Waals surface area contributed by atoms with E-state index in [4.69, 9.17) is 0 Å². The lowest BCUT2D eigenvalue weighted by Crippen LogP contribution is -2.32. The Labute approximate surface area is 118 Å². The third kappa shape index (κ3) is 3.00. The SMILES string of the molecule is O=C(O)C1CCCC1CNC(c1cccs1)C1CC1. The topological polar surface area (TPSA) is 49.3 Å². The normalized spacial score (nSPS) is 28.4. The van der Waals surface area contributed by atoms with Crippen LogP contribution in [0.25, 0.3) is 0 Å². The predicted molar refractivity (Wildman–Crippen MR) is 76.3 cm³/mol. The lowest BCUT2D eigenvalue weighted by molar-refractivity contribution is -0.142. The summed E-state index contributed by atoms with van der Waals surface area (Å²) >= 11 is 1.81. The van der Waals surface area contributed by atoms with Gasteiger partial charge in [-0.05, 0) is 55.5 Å². The van der Waals surface area contributed by atoms with Gasteiger partial charge < -0.3 is 10.4 Å². The summed E-state index contributed by atoms with van der Waals surface area (Å²) < 4.78 is 0. The second-order valence-electron chi connectivity index (χ2n) is 5.87. The van der Waals surface area contributed by atoms with Gasteiger partial charge in [-0.2, -0.15) is 0 Å². The molecule has 0 aliphatic heterocycles. The van der Waals surface area contributed by atoms with Crippen molar-refractivity contribution in [1.82, 2.24) is 5.32 Å². The van der Waals surface area contributed by atoms with Gasteiger partial charge >= 0.3 is 5.97 Å². The summed E-state index contributed by atoms with van der Waals surface area (Å²) in [6, 6.07) is 4.76. The van der Waals surface area contributed by atoms with Crippen LogP contribution in [-0.4, -0.2) is 17.6 Å². The fourth-order valence-corrected chi connectivity index (χ4v) is 4.18. The van der Waals surface area contributed by atoms with Crippen molar-refractivity contribution in [2.45, 2.75) is 38.1 Å². The van der Waals surface area contributed by atoms with Crippen molar-refractivity contribution < 1.29 is 9.90 Å². The van der Waals surface area contributed by atoms with Gasteiger partial charge in [-0.25, -0.2) is 0 Å². The van der Waals surface area contributed by atoms with Crippen molar-refractivity contribution in [2.75, 3.05) is 6.54 Å². The molecule has 2 N–H and O–H groups in total. The van der Waals surface area contributed by atoms with Crippen LogP contribution in [0, 0.1) is 17.8 Å². The maximum atomic E-state index is 11.2. The first-order valence-electron chi connectivity index (χ1n) is 7.25. The number of hydrogen-bond acceptors (Lipinski definition) is 3. The predicted octanol–water partition coefficient (Wildman–Crippen LogP) is 3.29. The first-order chi connectivity index (χ1) is 9.25. The minimum absolute atomic E-state index is 0.129. The van der Waals surface area contributed by atoms with Crippen LogP contribution in [0.3, 0.4) is 0 Å². The van der Waals surface area contributed by atoms with E-state index in [1.165, 1.54) is 17.7 Å². The molecule has 3 nitrogen and oxygen atoms in total. The second kappa shape index (κ2) is 5.63. The van der Waals surface area contributed by atoms with Crippen LogP contribution in [0.5, 0.6) is 0 Å². The molecular formula is C15H21NO2S. The van der Waals surface area contributed by atoms with Gasteiger partial charge in [0.25, 0.3) is 0 Å². The molecule has 2 aliphatic carbocycles. The number of thiophene rings is 1. The minimum atomic E-state index is -0.608. The summed E-state index contributed by atoms with van der Waals surface area (Å²) in [4.78, 5) is 12.6. The van der Waals surface area contributed by atoms with Crippen LogP contribution in [-0.2, 0) is 4.79 Å². The van der Waals surface area contributed by atoms with Crippen LogP contribution in [0.1, 0.15) is 43.0 Å². The van der Waals surface area contributed by atoms with E-state index in [2.05, 4.69) is 22.8 Å². The van der Waals surface area contributed by atoms with E-state index in [1.54, 1.807) is 0 Å². The highest BCUT2D eigenvalue weighted by Gasteiger charge is 2.36. The Balaban J connectivity index is 1.59. The lowest BCUT2D eigenvalue weighted by Gasteiger charge is -2.22. The van der Waals surface area contributed by atoms with Gasteiger partial charge in [-0.15, -0.1) is 11.3 Å². The number of carbonyl (C=O) groups is 1. The molecule has 2 aliphatic rings. The van der Waals surface area contributed by atoms with Crippen LogP contribution >= 0.6 is 11.3 Å². The number of nitrogens with one attached hydrogen (secondary N) is 1. The van der Waals surface area contributed by atoms with Crippen molar-refractivity contribution >= 4 is 17.3 Å². The summed E-state index contributed by atoms with van der Waals surface area (Å²) in [6.45, 7) is 0.857. The molecule has 3 unspecified atom stereocenters. The van der Waals surface area contributed by atoms with Crippen molar-refractivity contribution in [1.29, 1.82) is 0 Å². The van der Waals surface area contributed by atoms with Gasteiger partial charge in [0.1, 0.15) is 0 Å². The van der Waals surface area contributed by atoms with Crippen LogP contribution in [0.15, 0.2) is 17.5 Å². The minimum Gasteiger partial charge on any atom is -0.481 e. The standard InChI is InChI=1S/C15H21NO2S/c17-15(18)12-4-1-3-11(12)9-16-14(10-6-7-10)13-5-2-8-19-13/h2,5,8,10-12,14,16H,1,3-4,6-7,9H2,(H,17,18). The maximum absolute atomic E-state index is 11.2. The first kappa shape index (κ1) is 13.1. The Kier molecular flexibility index (Phi) is 3.89. The van der Waals surface area contributed by atoms with E-state index in [0.29, 0.717) is 12.0 Å². The smallest absolute Gasteiger partial charge is 0.306 e. The average molecular weight is 279 g/mol. The van der Waals surface area contributed by atoms with Gasteiger partial charge in [0, 0.05) is 10.9 Å². The summed E-state index contributed by atoms with van der Waals surface area (Å²) in [5, 5.41) is 15.0. The quantitative estimate of drug-likeness (QED) is 0.840. The van der Waals surface area contributed by atoms with Crippen LogP contribution in [0.4, 0.5) is 0 Å². The molecule has 2 saturated carbocycles. The summed E-state index contributed by atoms with van der Waals surface area (Å²) in [6.07, 6.45) is 5.60. The Morgan fingerprint density at radius 1 is 1.42 bits per heavy atom. The number of carboxylic acid groups (broad SMARTS) is 1. The Hall–Kier alpha value is -0.870. The molecule has 0 amide bonds. The summed E-state index contributed by atoms with van der Waals surface area (Å²) in [5.74, 6) is 0.348. The molecule has 1 aromatic rings. The number of hydrogen-bond donors (Lipinski definition) is 2. The summed E-state index contributed by atoms with van der Waals surface area (Å²) in [7, 11) is 0. The highest BCUT2D eigenvalue weighted by molar-refractivity contribution is 7.10. The van der Waals surface area contributed by atoms with E-state index in [1.807, 2.05) is 11.3 Å². The molecule has 1 heterocycles. The highest BCUT2D eigenvalue weighted by Crippen LogP contribution is 2.43. The van der Waals surface area contributed by atoms with Gasteiger partial charge in [-0.3, -0.25) is 4.79 Å². The molecule has 0 bridgehead atoms. The van der Waals surface area contributed by atoms with E-state index < -0.39 is 5.97 Å². The highest BCUT2D eigenvalue weighted by atomic mass is 32.1. The molecule has 0 saturated heterocycles. The molecule has 3 rings (SSSR count). The Morgan fingerprint density at radius 2 is 2.26 bits per heavy atom. The van der Waals surface area contributed by atoms with Crippen LogP contribution < -0.4 is 5.32 Å². The molecule has 4 heteroatoms. The fraction of sp³-hybridized carbons (Fsp3) is 0.667. The number of rotatable bonds is 6. The van der Waals surface area contributed by atoms with Crippen molar-refractivity contribution in [2.24, 2.45) is 17.8 Å². The molecule has 104 valence electrons. The second-order valence-corrected chi connectivity index (χ2v) is 6.85. The molecule has 0 spiro atoms. The largest absolute Gasteiger partial charge is 0.481 e.